The minimum atomic E-state index is -4.18. The number of sulfonamides is 1. The molecule has 2 aromatic carbocycles. The summed E-state index contributed by atoms with van der Waals surface area (Å²) in [5.41, 5.74) is -0.0560. The molecule has 2 aromatic rings. The second-order valence-corrected chi connectivity index (χ2v) is 8.08. The van der Waals surface area contributed by atoms with Gasteiger partial charge in [-0.05, 0) is 37.6 Å². The van der Waals surface area contributed by atoms with Crippen LogP contribution in [0.1, 0.15) is 24.1 Å². The van der Waals surface area contributed by atoms with Crippen molar-refractivity contribution in [2.45, 2.75) is 24.8 Å². The molecule has 2 rings (SSSR count). The van der Waals surface area contributed by atoms with Crippen LogP contribution in [-0.4, -0.2) is 24.7 Å². The SMILES string of the molecule is Cc1c(Cl)cc(S(=O)(=O)N(C)C(C)c2ccc(F)c(F)c2)cc1[N+](=O)[O-]. The lowest BCUT2D eigenvalue weighted by molar-refractivity contribution is -0.385. The van der Waals surface area contributed by atoms with Gasteiger partial charge in [-0.3, -0.25) is 10.1 Å². The van der Waals surface area contributed by atoms with Crippen LogP contribution in [0, 0.1) is 28.7 Å². The van der Waals surface area contributed by atoms with Crippen LogP contribution in [0.2, 0.25) is 5.02 Å². The zero-order chi connectivity index (χ0) is 19.8. The Morgan fingerprint density at radius 3 is 2.35 bits per heavy atom. The topological polar surface area (TPSA) is 80.5 Å². The maximum atomic E-state index is 13.4. The highest BCUT2D eigenvalue weighted by molar-refractivity contribution is 7.89. The van der Waals surface area contributed by atoms with Crippen LogP contribution in [0.25, 0.3) is 0 Å². The van der Waals surface area contributed by atoms with Crippen LogP contribution in [0.15, 0.2) is 35.2 Å². The monoisotopic (exact) mass is 404 g/mol. The summed E-state index contributed by atoms with van der Waals surface area (Å²) in [6.07, 6.45) is 0. The summed E-state index contributed by atoms with van der Waals surface area (Å²) in [4.78, 5) is 10.0. The number of halogens is 3. The van der Waals surface area contributed by atoms with E-state index >= 15 is 0 Å². The van der Waals surface area contributed by atoms with Crippen LogP contribution in [0.5, 0.6) is 0 Å². The second-order valence-electron chi connectivity index (χ2n) is 5.68. The molecule has 0 spiro atoms. The van der Waals surface area contributed by atoms with E-state index in [4.69, 9.17) is 11.6 Å². The van der Waals surface area contributed by atoms with Gasteiger partial charge >= 0.3 is 0 Å². The van der Waals surface area contributed by atoms with E-state index in [-0.39, 0.29) is 21.0 Å². The Morgan fingerprint density at radius 2 is 1.81 bits per heavy atom. The zero-order valence-corrected chi connectivity index (χ0v) is 15.6. The maximum Gasteiger partial charge on any atom is 0.275 e. The van der Waals surface area contributed by atoms with Crippen molar-refractivity contribution >= 4 is 27.3 Å². The highest BCUT2D eigenvalue weighted by Crippen LogP contribution is 2.33. The zero-order valence-electron chi connectivity index (χ0n) is 14.0. The number of rotatable bonds is 5. The van der Waals surface area contributed by atoms with Gasteiger partial charge in [-0.15, -0.1) is 0 Å². The quantitative estimate of drug-likeness (QED) is 0.552. The molecule has 0 saturated heterocycles. The van der Waals surface area contributed by atoms with E-state index in [1.807, 2.05) is 0 Å². The third-order valence-corrected chi connectivity index (χ3v) is 6.43. The van der Waals surface area contributed by atoms with Crippen molar-refractivity contribution in [3.8, 4) is 0 Å². The first-order valence-electron chi connectivity index (χ1n) is 7.34. The van der Waals surface area contributed by atoms with Gasteiger partial charge in [0, 0.05) is 24.7 Å². The van der Waals surface area contributed by atoms with Crippen molar-refractivity contribution in [1.29, 1.82) is 0 Å². The second kappa shape index (κ2) is 7.26. The number of hydrogen-bond donors (Lipinski definition) is 0. The van der Waals surface area contributed by atoms with Gasteiger partial charge in [0.05, 0.1) is 14.8 Å². The molecule has 1 unspecified atom stereocenters. The summed E-state index contributed by atoms with van der Waals surface area (Å²) < 4.78 is 53.0. The third kappa shape index (κ3) is 3.69. The summed E-state index contributed by atoms with van der Waals surface area (Å²) in [6, 6.07) is 4.25. The minimum absolute atomic E-state index is 0.0633. The Balaban J connectivity index is 2.49. The molecule has 26 heavy (non-hydrogen) atoms. The van der Waals surface area contributed by atoms with Gasteiger partial charge in [0.1, 0.15) is 0 Å². The van der Waals surface area contributed by atoms with E-state index in [1.54, 1.807) is 0 Å². The summed E-state index contributed by atoms with van der Waals surface area (Å²) >= 11 is 5.93. The van der Waals surface area contributed by atoms with Crippen LogP contribution >= 0.6 is 11.6 Å². The molecule has 6 nitrogen and oxygen atoms in total. The Morgan fingerprint density at radius 1 is 1.19 bits per heavy atom. The van der Waals surface area contributed by atoms with E-state index in [0.717, 1.165) is 28.6 Å². The van der Waals surface area contributed by atoms with Crippen molar-refractivity contribution in [2.75, 3.05) is 7.05 Å². The van der Waals surface area contributed by atoms with E-state index < -0.39 is 38.3 Å². The highest BCUT2D eigenvalue weighted by atomic mass is 35.5. The maximum absolute atomic E-state index is 13.4. The Kier molecular flexibility index (Phi) is 5.64. The van der Waals surface area contributed by atoms with Crippen molar-refractivity contribution in [3.63, 3.8) is 0 Å². The standard InChI is InChI=1S/C16H15ClF2N2O4S/c1-9-13(17)7-12(8-16(9)21(22)23)26(24,25)20(3)10(2)11-4-5-14(18)15(19)6-11/h4-8,10H,1-3H3. The smallest absolute Gasteiger partial charge is 0.258 e. The van der Waals surface area contributed by atoms with Crippen molar-refractivity contribution in [3.05, 3.63) is 68.2 Å². The highest BCUT2D eigenvalue weighted by Gasteiger charge is 2.29. The number of benzene rings is 2. The van der Waals surface area contributed by atoms with Crippen molar-refractivity contribution in [2.24, 2.45) is 0 Å². The molecule has 0 aliphatic carbocycles. The summed E-state index contributed by atoms with van der Waals surface area (Å²) in [5.74, 6) is -2.15. The summed E-state index contributed by atoms with van der Waals surface area (Å²) in [6.45, 7) is 2.89. The fourth-order valence-corrected chi connectivity index (χ4v) is 4.01. The molecule has 0 fully saturated rings. The lowest BCUT2D eigenvalue weighted by Crippen LogP contribution is -2.30. The van der Waals surface area contributed by atoms with Gasteiger partial charge in [-0.25, -0.2) is 17.2 Å². The van der Waals surface area contributed by atoms with Gasteiger partial charge < -0.3 is 0 Å². The molecular weight excluding hydrogens is 390 g/mol. The minimum Gasteiger partial charge on any atom is -0.258 e. The first kappa shape index (κ1) is 20.2. The molecule has 0 aliphatic rings. The molecule has 0 amide bonds. The molecule has 140 valence electrons. The van der Waals surface area contributed by atoms with E-state index in [0.29, 0.717) is 0 Å². The van der Waals surface area contributed by atoms with Crippen LogP contribution in [0.3, 0.4) is 0 Å². The lowest BCUT2D eigenvalue weighted by Gasteiger charge is -2.25. The first-order chi connectivity index (χ1) is 12.0. The predicted octanol–water partition coefficient (Wildman–Crippen LogP) is 4.22. The van der Waals surface area contributed by atoms with Crippen LogP contribution < -0.4 is 0 Å². The van der Waals surface area contributed by atoms with Gasteiger partial charge in [-0.2, -0.15) is 4.31 Å². The lowest BCUT2D eigenvalue weighted by atomic mass is 10.1. The largest absolute Gasteiger partial charge is 0.275 e. The van der Waals surface area contributed by atoms with Gasteiger partial charge in [0.2, 0.25) is 10.0 Å². The number of nitro benzene ring substituents is 1. The van der Waals surface area contributed by atoms with E-state index in [1.165, 1.54) is 27.0 Å². The molecule has 1 atom stereocenters. The average Bonchev–Trinajstić information content (AvgIpc) is 2.57. The Bertz CT molecular complexity index is 982. The normalized spacial score (nSPS) is 13.0. The average molecular weight is 405 g/mol. The summed E-state index contributed by atoms with van der Waals surface area (Å²) in [5, 5.41) is 11.0. The number of nitrogens with zero attached hydrogens (tertiary/aromatic N) is 2. The fourth-order valence-electron chi connectivity index (χ4n) is 2.34. The molecule has 0 bridgehead atoms. The molecule has 0 aromatic heterocycles. The van der Waals surface area contributed by atoms with Crippen LogP contribution in [0.4, 0.5) is 14.5 Å². The number of nitro groups is 1. The van der Waals surface area contributed by atoms with Gasteiger partial charge in [0.25, 0.3) is 5.69 Å². The predicted molar refractivity (Wildman–Crippen MR) is 92.6 cm³/mol. The van der Waals surface area contributed by atoms with Crippen molar-refractivity contribution in [1.82, 2.24) is 4.31 Å². The molecule has 0 aliphatic heterocycles. The molecule has 0 radical (unpaired) electrons. The Hall–Kier alpha value is -2.10. The molecular formula is C16H15ClF2N2O4S. The molecule has 0 heterocycles. The van der Waals surface area contributed by atoms with Gasteiger partial charge in [-0.1, -0.05) is 17.7 Å². The Labute approximate surface area is 154 Å². The van der Waals surface area contributed by atoms with E-state index in [9.17, 15) is 27.3 Å². The molecule has 10 heteroatoms. The molecule has 0 saturated carbocycles. The molecule has 0 N–H and O–H groups in total. The van der Waals surface area contributed by atoms with Gasteiger partial charge in [0.15, 0.2) is 11.6 Å². The van der Waals surface area contributed by atoms with Crippen molar-refractivity contribution < 1.29 is 22.1 Å². The van der Waals surface area contributed by atoms with Crippen LogP contribution in [-0.2, 0) is 10.0 Å². The third-order valence-electron chi connectivity index (χ3n) is 4.14. The summed E-state index contributed by atoms with van der Waals surface area (Å²) in [7, 11) is -2.94. The number of hydrogen-bond acceptors (Lipinski definition) is 4. The fraction of sp³-hybridized carbons (Fsp3) is 0.250. The van der Waals surface area contributed by atoms with E-state index in [2.05, 4.69) is 0 Å². The first-order valence-corrected chi connectivity index (χ1v) is 9.16.